The van der Waals surface area contributed by atoms with E-state index in [2.05, 4.69) is 26.1 Å². The van der Waals surface area contributed by atoms with Crippen molar-refractivity contribution >= 4 is 19.7 Å². The third kappa shape index (κ3) is 9.05. The van der Waals surface area contributed by atoms with Gasteiger partial charge in [0.2, 0.25) is 0 Å². The van der Waals surface area contributed by atoms with Crippen molar-refractivity contribution in [3.63, 3.8) is 0 Å². The lowest BCUT2D eigenvalue weighted by Crippen LogP contribution is -2.21. The van der Waals surface area contributed by atoms with Crippen LogP contribution < -0.4 is 5.32 Å². The molecule has 0 saturated carbocycles. The fraction of sp³-hybridized carbons (Fsp3) is 1.00. The van der Waals surface area contributed by atoms with E-state index in [1.54, 1.807) is 0 Å². The Kier molecular flexibility index (Phi) is 11.4. The number of rotatable bonds is 9. The minimum atomic E-state index is 0.350. The number of nitrogens with one attached hydrogen (secondary N) is 1. The number of hydrogen-bond donors (Lipinski definition) is 1. The van der Waals surface area contributed by atoms with Gasteiger partial charge in [-0.15, -0.1) is 7.92 Å². The van der Waals surface area contributed by atoms with Crippen LogP contribution in [0.5, 0.6) is 0 Å². The Morgan fingerprint density at radius 3 is 2.31 bits per heavy atom. The second-order valence-electron chi connectivity index (χ2n) is 2.97. The lowest BCUT2D eigenvalue weighted by molar-refractivity contribution is 0.771. The monoisotopic (exact) mass is 221 g/mol. The van der Waals surface area contributed by atoms with Crippen LogP contribution in [0, 0.1) is 0 Å². The third-order valence-corrected chi connectivity index (χ3v) is 5.67. The Balaban J connectivity index is 3.05. The first kappa shape index (κ1) is 13.7. The van der Waals surface area contributed by atoms with Crippen molar-refractivity contribution in [3.05, 3.63) is 0 Å². The van der Waals surface area contributed by atoms with Crippen LogP contribution in [0.1, 0.15) is 20.8 Å². The predicted molar refractivity (Wildman–Crippen MR) is 68.7 cm³/mol. The minimum Gasteiger partial charge on any atom is -0.316 e. The molecule has 0 aromatic rings. The van der Waals surface area contributed by atoms with E-state index in [1.807, 2.05) is 11.8 Å². The Bertz CT molecular complexity index is 96.9. The highest BCUT2D eigenvalue weighted by atomic mass is 32.2. The maximum atomic E-state index is 3.51. The molecule has 0 aromatic heterocycles. The van der Waals surface area contributed by atoms with Gasteiger partial charge < -0.3 is 5.32 Å². The molecule has 0 aliphatic heterocycles. The van der Waals surface area contributed by atoms with Gasteiger partial charge in [0.15, 0.2) is 0 Å². The molecule has 0 atom stereocenters. The molecule has 1 nitrogen and oxygen atoms in total. The lowest BCUT2D eigenvalue weighted by Gasteiger charge is -2.13. The van der Waals surface area contributed by atoms with Gasteiger partial charge in [-0.2, -0.15) is 11.8 Å². The molecule has 0 rings (SSSR count). The van der Waals surface area contributed by atoms with Crippen molar-refractivity contribution in [2.24, 2.45) is 0 Å². The summed E-state index contributed by atoms with van der Waals surface area (Å²) in [6.07, 6.45) is 4.22. The Hall–Kier alpha value is 0.740. The average molecular weight is 221 g/mol. The highest BCUT2D eigenvalue weighted by molar-refractivity contribution is 7.99. The quantitative estimate of drug-likeness (QED) is 0.474. The molecule has 0 amide bonds. The summed E-state index contributed by atoms with van der Waals surface area (Å²) in [5.41, 5.74) is 0. The SMILES string of the molecule is CCSCCNCCP(CC)CC. The second-order valence-corrected chi connectivity index (χ2v) is 7.42. The zero-order valence-corrected chi connectivity index (χ0v) is 11.0. The summed E-state index contributed by atoms with van der Waals surface area (Å²) in [7, 11) is 0.350. The number of hydrogen-bond acceptors (Lipinski definition) is 2. The van der Waals surface area contributed by atoms with Crippen LogP contribution in [0.2, 0.25) is 0 Å². The molecule has 0 unspecified atom stereocenters. The van der Waals surface area contributed by atoms with Crippen LogP contribution in [0.3, 0.4) is 0 Å². The molecule has 13 heavy (non-hydrogen) atoms. The van der Waals surface area contributed by atoms with Gasteiger partial charge in [-0.25, -0.2) is 0 Å². The maximum absolute atomic E-state index is 3.51. The van der Waals surface area contributed by atoms with Crippen molar-refractivity contribution in [2.45, 2.75) is 20.8 Å². The smallest absolute Gasteiger partial charge is 0.00580 e. The van der Waals surface area contributed by atoms with E-state index in [9.17, 15) is 0 Å². The highest BCUT2D eigenvalue weighted by Crippen LogP contribution is 2.32. The molecule has 0 bridgehead atoms. The summed E-state index contributed by atoms with van der Waals surface area (Å²) in [5, 5.41) is 3.51. The van der Waals surface area contributed by atoms with E-state index in [4.69, 9.17) is 0 Å². The van der Waals surface area contributed by atoms with Crippen molar-refractivity contribution in [3.8, 4) is 0 Å². The van der Waals surface area contributed by atoms with E-state index >= 15 is 0 Å². The fourth-order valence-corrected chi connectivity index (χ4v) is 3.32. The van der Waals surface area contributed by atoms with Crippen molar-refractivity contribution in [1.82, 2.24) is 5.32 Å². The first-order valence-electron chi connectivity index (χ1n) is 5.35. The summed E-state index contributed by atoms with van der Waals surface area (Å²) >= 11 is 2.02. The van der Waals surface area contributed by atoms with Crippen LogP contribution in [-0.4, -0.2) is 43.1 Å². The predicted octanol–water partition coefficient (Wildman–Crippen LogP) is 2.85. The topological polar surface area (TPSA) is 12.0 Å². The average Bonchev–Trinajstić information content (AvgIpc) is 2.17. The molecule has 1 N–H and O–H groups in total. The van der Waals surface area contributed by atoms with E-state index in [0.29, 0.717) is 7.92 Å². The molecule has 0 spiro atoms. The summed E-state index contributed by atoms with van der Waals surface area (Å²) in [6, 6.07) is 0. The van der Waals surface area contributed by atoms with Gasteiger partial charge in [0.05, 0.1) is 0 Å². The van der Waals surface area contributed by atoms with Crippen molar-refractivity contribution < 1.29 is 0 Å². The van der Waals surface area contributed by atoms with E-state index in [-0.39, 0.29) is 0 Å². The van der Waals surface area contributed by atoms with Gasteiger partial charge in [-0.1, -0.05) is 20.8 Å². The Morgan fingerprint density at radius 2 is 1.77 bits per heavy atom. The van der Waals surface area contributed by atoms with E-state index < -0.39 is 0 Å². The molecular formula is C10H24NPS. The van der Waals surface area contributed by atoms with Gasteiger partial charge in [0, 0.05) is 12.3 Å². The van der Waals surface area contributed by atoms with Crippen molar-refractivity contribution in [2.75, 3.05) is 43.1 Å². The lowest BCUT2D eigenvalue weighted by atomic mass is 10.7. The molecule has 80 valence electrons. The molecule has 0 aliphatic rings. The van der Waals surface area contributed by atoms with Crippen LogP contribution in [0.25, 0.3) is 0 Å². The summed E-state index contributed by atoms with van der Waals surface area (Å²) in [5.74, 6) is 2.52. The molecule has 0 fully saturated rings. The van der Waals surface area contributed by atoms with Crippen LogP contribution in [0.15, 0.2) is 0 Å². The Morgan fingerprint density at radius 1 is 1.08 bits per heavy atom. The van der Waals surface area contributed by atoms with E-state index in [1.165, 1.54) is 43.1 Å². The molecule has 0 aliphatic carbocycles. The zero-order chi connectivity index (χ0) is 9.94. The van der Waals surface area contributed by atoms with Gasteiger partial charge in [0.25, 0.3) is 0 Å². The molecular weight excluding hydrogens is 197 g/mol. The minimum absolute atomic E-state index is 0.350. The van der Waals surface area contributed by atoms with Crippen LogP contribution in [0.4, 0.5) is 0 Å². The molecule has 3 heteroatoms. The third-order valence-electron chi connectivity index (χ3n) is 2.13. The second kappa shape index (κ2) is 10.8. The highest BCUT2D eigenvalue weighted by Gasteiger charge is 2.00. The van der Waals surface area contributed by atoms with Gasteiger partial charge in [-0.3, -0.25) is 0 Å². The van der Waals surface area contributed by atoms with Gasteiger partial charge >= 0.3 is 0 Å². The summed E-state index contributed by atoms with van der Waals surface area (Å²) in [4.78, 5) is 0. The standard InChI is InChI=1S/C10H24NPS/c1-4-12(5-2)9-7-11-8-10-13-6-3/h11H,4-10H2,1-3H3. The summed E-state index contributed by atoms with van der Waals surface area (Å²) in [6.45, 7) is 9.29. The zero-order valence-electron chi connectivity index (χ0n) is 9.31. The first-order chi connectivity index (χ1) is 6.35. The molecule has 0 radical (unpaired) electrons. The van der Waals surface area contributed by atoms with E-state index in [0.717, 1.165) is 0 Å². The number of thioether (sulfide) groups is 1. The molecule has 0 aromatic carbocycles. The Labute approximate surface area is 89.2 Å². The largest absolute Gasteiger partial charge is 0.316 e. The van der Waals surface area contributed by atoms with Crippen LogP contribution in [-0.2, 0) is 0 Å². The van der Waals surface area contributed by atoms with Crippen LogP contribution >= 0.6 is 19.7 Å². The molecule has 0 saturated heterocycles. The van der Waals surface area contributed by atoms with Gasteiger partial charge in [-0.05, 0) is 30.8 Å². The fourth-order valence-electron chi connectivity index (χ4n) is 1.19. The van der Waals surface area contributed by atoms with Crippen molar-refractivity contribution in [1.29, 1.82) is 0 Å². The first-order valence-corrected chi connectivity index (χ1v) is 8.41. The maximum Gasteiger partial charge on any atom is 0.00580 e. The molecule has 0 heterocycles. The normalized spacial score (nSPS) is 11.1. The summed E-state index contributed by atoms with van der Waals surface area (Å²) < 4.78 is 0. The van der Waals surface area contributed by atoms with Gasteiger partial charge in [0.1, 0.15) is 0 Å².